The quantitative estimate of drug-likeness (QED) is 0.576. The van der Waals surface area contributed by atoms with Crippen LogP contribution in [-0.2, 0) is 0 Å². The zero-order valence-electron chi connectivity index (χ0n) is 11.5. The second kappa shape index (κ2) is 7.78. The molecule has 0 bridgehead atoms. The van der Waals surface area contributed by atoms with Gasteiger partial charge in [-0.1, -0.05) is 31.5 Å². The van der Waals surface area contributed by atoms with Crippen LogP contribution < -0.4 is 5.32 Å². The van der Waals surface area contributed by atoms with E-state index in [0.29, 0.717) is 6.04 Å². The lowest BCUT2D eigenvalue weighted by Crippen LogP contribution is -2.23. The number of unbranched alkanes of at least 4 members (excludes halogenated alkanes) is 1. The smallest absolute Gasteiger partial charge is 0.0101 e. The Bertz CT molecular complexity index is 334. The Morgan fingerprint density at radius 1 is 1.18 bits per heavy atom. The van der Waals surface area contributed by atoms with Gasteiger partial charge in [0.05, 0.1) is 0 Å². The molecule has 0 fully saturated rings. The molecule has 1 rings (SSSR count). The molecule has 0 heterocycles. The lowest BCUT2D eigenvalue weighted by atomic mass is 10.2. The van der Waals surface area contributed by atoms with E-state index >= 15 is 0 Å². The third kappa shape index (κ3) is 6.13. The Balaban J connectivity index is 2.18. The van der Waals surface area contributed by atoms with Gasteiger partial charge in [-0.15, -0.1) is 11.8 Å². The Hall–Kier alpha value is -0.470. The van der Waals surface area contributed by atoms with Gasteiger partial charge < -0.3 is 5.32 Å². The Morgan fingerprint density at radius 3 is 2.59 bits per heavy atom. The molecule has 1 nitrogen and oxygen atoms in total. The highest BCUT2D eigenvalue weighted by atomic mass is 32.2. The highest BCUT2D eigenvalue weighted by Gasteiger charge is 1.99. The van der Waals surface area contributed by atoms with Gasteiger partial charge in [0.15, 0.2) is 0 Å². The van der Waals surface area contributed by atoms with Gasteiger partial charge >= 0.3 is 0 Å². The average molecular weight is 251 g/mol. The number of benzene rings is 1. The van der Waals surface area contributed by atoms with Crippen LogP contribution >= 0.6 is 11.8 Å². The number of nitrogens with one attached hydrogen (secondary N) is 1. The van der Waals surface area contributed by atoms with Crippen LogP contribution in [0.4, 0.5) is 0 Å². The van der Waals surface area contributed by atoms with E-state index in [1.165, 1.54) is 34.6 Å². The van der Waals surface area contributed by atoms with Crippen molar-refractivity contribution >= 4 is 11.8 Å². The highest BCUT2D eigenvalue weighted by Crippen LogP contribution is 2.23. The van der Waals surface area contributed by atoms with Crippen LogP contribution in [0.15, 0.2) is 23.1 Å². The van der Waals surface area contributed by atoms with Crippen LogP contribution in [0.2, 0.25) is 0 Å². The van der Waals surface area contributed by atoms with Gasteiger partial charge in [-0.2, -0.15) is 0 Å². The van der Waals surface area contributed by atoms with Crippen molar-refractivity contribution in [2.24, 2.45) is 0 Å². The molecule has 17 heavy (non-hydrogen) atoms. The minimum absolute atomic E-state index is 0.613. The van der Waals surface area contributed by atoms with Crippen molar-refractivity contribution in [2.45, 2.75) is 51.5 Å². The third-order valence-corrected chi connectivity index (χ3v) is 3.97. The minimum Gasteiger partial charge on any atom is -0.315 e. The van der Waals surface area contributed by atoms with Gasteiger partial charge in [-0.05, 0) is 50.6 Å². The summed E-state index contributed by atoms with van der Waals surface area (Å²) < 4.78 is 0. The largest absolute Gasteiger partial charge is 0.315 e. The zero-order chi connectivity index (χ0) is 12.7. The van der Waals surface area contributed by atoms with Crippen LogP contribution in [0.25, 0.3) is 0 Å². The summed E-state index contributed by atoms with van der Waals surface area (Å²) >= 11 is 1.99. The van der Waals surface area contributed by atoms with Crippen molar-refractivity contribution < 1.29 is 0 Å². The maximum absolute atomic E-state index is 3.45. The Morgan fingerprint density at radius 2 is 1.94 bits per heavy atom. The fraction of sp³-hybridized carbons (Fsp3) is 0.600. The average Bonchev–Trinajstić information content (AvgIpc) is 2.25. The third-order valence-electron chi connectivity index (χ3n) is 2.71. The fourth-order valence-electron chi connectivity index (χ4n) is 1.76. The SMILES string of the molecule is Cc1ccc(SCCCCNC(C)C)c(C)c1. The highest BCUT2D eigenvalue weighted by molar-refractivity contribution is 7.99. The van der Waals surface area contributed by atoms with Crippen molar-refractivity contribution in [3.05, 3.63) is 29.3 Å². The molecule has 96 valence electrons. The molecule has 0 spiro atoms. The first-order valence-corrected chi connectivity index (χ1v) is 7.51. The number of thioether (sulfide) groups is 1. The van der Waals surface area contributed by atoms with Gasteiger partial charge in [0.25, 0.3) is 0 Å². The minimum atomic E-state index is 0.613. The topological polar surface area (TPSA) is 12.0 Å². The first-order chi connectivity index (χ1) is 8.09. The molecule has 0 aliphatic rings. The zero-order valence-corrected chi connectivity index (χ0v) is 12.4. The lowest BCUT2D eigenvalue weighted by molar-refractivity contribution is 0.567. The van der Waals surface area contributed by atoms with Crippen molar-refractivity contribution in [1.29, 1.82) is 0 Å². The maximum atomic E-state index is 3.45. The van der Waals surface area contributed by atoms with E-state index < -0.39 is 0 Å². The van der Waals surface area contributed by atoms with Gasteiger partial charge in [0.2, 0.25) is 0 Å². The molecule has 2 heteroatoms. The molecule has 0 aliphatic heterocycles. The van der Waals surface area contributed by atoms with E-state index in [4.69, 9.17) is 0 Å². The van der Waals surface area contributed by atoms with Crippen molar-refractivity contribution in [2.75, 3.05) is 12.3 Å². The Labute approximate surface area is 110 Å². The molecule has 1 aromatic carbocycles. The number of hydrogen-bond donors (Lipinski definition) is 1. The van der Waals surface area contributed by atoms with Gasteiger partial charge in [0.1, 0.15) is 0 Å². The predicted molar refractivity (Wildman–Crippen MR) is 79.0 cm³/mol. The molecule has 0 saturated carbocycles. The molecule has 1 aromatic rings. The van der Waals surface area contributed by atoms with E-state index in [1.54, 1.807) is 0 Å². The monoisotopic (exact) mass is 251 g/mol. The summed E-state index contributed by atoms with van der Waals surface area (Å²) in [6, 6.07) is 7.34. The molecule has 0 atom stereocenters. The first kappa shape index (κ1) is 14.6. The van der Waals surface area contributed by atoms with E-state index in [2.05, 4.69) is 51.2 Å². The molecule has 1 N–H and O–H groups in total. The maximum Gasteiger partial charge on any atom is 0.0101 e. The summed E-state index contributed by atoms with van der Waals surface area (Å²) in [5.41, 5.74) is 2.77. The molecule has 0 aromatic heterocycles. The van der Waals surface area contributed by atoms with Gasteiger partial charge in [0, 0.05) is 10.9 Å². The van der Waals surface area contributed by atoms with Crippen molar-refractivity contribution in [3.63, 3.8) is 0 Å². The van der Waals surface area contributed by atoms with E-state index in [0.717, 1.165) is 6.54 Å². The lowest BCUT2D eigenvalue weighted by Gasteiger charge is -2.08. The number of hydrogen-bond acceptors (Lipinski definition) is 2. The summed E-state index contributed by atoms with van der Waals surface area (Å²) in [6.45, 7) is 9.90. The molecule has 0 amide bonds. The number of aryl methyl sites for hydroxylation is 2. The molecular formula is C15H25NS. The van der Waals surface area contributed by atoms with Crippen LogP contribution in [-0.4, -0.2) is 18.3 Å². The van der Waals surface area contributed by atoms with Crippen molar-refractivity contribution in [3.8, 4) is 0 Å². The van der Waals surface area contributed by atoms with Crippen molar-refractivity contribution in [1.82, 2.24) is 5.32 Å². The number of rotatable bonds is 7. The van der Waals surface area contributed by atoms with Crippen LogP contribution in [0.3, 0.4) is 0 Å². The second-order valence-corrected chi connectivity index (χ2v) is 6.07. The summed E-state index contributed by atoms with van der Waals surface area (Å²) in [5.74, 6) is 1.23. The standard InChI is InChI=1S/C15H25NS/c1-12(2)16-9-5-6-10-17-15-8-7-13(3)11-14(15)4/h7-8,11-12,16H,5-6,9-10H2,1-4H3. The summed E-state index contributed by atoms with van der Waals surface area (Å²) in [5, 5.41) is 3.45. The van der Waals surface area contributed by atoms with E-state index in [-0.39, 0.29) is 0 Å². The molecule has 0 unspecified atom stereocenters. The van der Waals surface area contributed by atoms with E-state index in [9.17, 15) is 0 Å². The predicted octanol–water partition coefficient (Wildman–Crippen LogP) is 4.17. The fourth-order valence-corrected chi connectivity index (χ4v) is 2.78. The van der Waals surface area contributed by atoms with Crippen LogP contribution in [0, 0.1) is 13.8 Å². The summed E-state index contributed by atoms with van der Waals surface area (Å²) in [4.78, 5) is 1.44. The summed E-state index contributed by atoms with van der Waals surface area (Å²) in [6.07, 6.45) is 2.56. The van der Waals surface area contributed by atoms with Gasteiger partial charge in [-0.3, -0.25) is 0 Å². The summed E-state index contributed by atoms with van der Waals surface area (Å²) in [7, 11) is 0. The normalized spacial score (nSPS) is 11.1. The van der Waals surface area contributed by atoms with E-state index in [1.807, 2.05) is 11.8 Å². The first-order valence-electron chi connectivity index (χ1n) is 6.53. The second-order valence-electron chi connectivity index (χ2n) is 4.93. The molecular weight excluding hydrogens is 226 g/mol. The van der Waals surface area contributed by atoms with Crippen LogP contribution in [0.1, 0.15) is 37.8 Å². The van der Waals surface area contributed by atoms with Gasteiger partial charge in [-0.25, -0.2) is 0 Å². The molecule has 0 aliphatic carbocycles. The molecule has 0 saturated heterocycles. The van der Waals surface area contributed by atoms with Crippen LogP contribution in [0.5, 0.6) is 0 Å². The molecule has 0 radical (unpaired) electrons. The Kier molecular flexibility index (Phi) is 6.68.